The van der Waals surface area contributed by atoms with Gasteiger partial charge < -0.3 is 0 Å². The molecule has 2 aromatic carbocycles. The van der Waals surface area contributed by atoms with Crippen LogP contribution in [0.25, 0.3) is 28.6 Å². The Morgan fingerprint density at radius 3 is 2.38 bits per heavy atom. The van der Waals surface area contributed by atoms with Crippen LogP contribution in [0.2, 0.25) is 0 Å². The highest BCUT2D eigenvalue weighted by atomic mass is 16.1. The van der Waals surface area contributed by atoms with Crippen LogP contribution in [0.5, 0.6) is 0 Å². The summed E-state index contributed by atoms with van der Waals surface area (Å²) in [6.07, 6.45) is 6.98. The lowest BCUT2D eigenvalue weighted by Gasteiger charge is -2.19. The second-order valence-electron chi connectivity index (χ2n) is 8.77. The molecule has 7 heteroatoms. The average molecular weight is 429 g/mol. The van der Waals surface area contributed by atoms with Crippen LogP contribution in [-0.4, -0.2) is 29.8 Å². The van der Waals surface area contributed by atoms with Gasteiger partial charge in [0.2, 0.25) is 0 Å². The molecule has 0 atom stereocenters. The van der Waals surface area contributed by atoms with Crippen molar-refractivity contribution in [3.63, 3.8) is 0 Å². The van der Waals surface area contributed by atoms with E-state index >= 15 is 0 Å². The summed E-state index contributed by atoms with van der Waals surface area (Å²) >= 11 is 0. The Hall–Kier alpha value is -3.74. The quantitative estimate of drug-likeness (QED) is 0.482. The zero-order valence-corrected chi connectivity index (χ0v) is 18.9. The molecule has 0 aliphatic rings. The first-order chi connectivity index (χ1) is 15.4. The second-order valence-corrected chi connectivity index (χ2v) is 8.77. The molecule has 0 saturated heterocycles. The number of benzene rings is 2. The molecule has 7 nitrogen and oxygen atoms in total. The summed E-state index contributed by atoms with van der Waals surface area (Å²) in [6.45, 7) is 8.73. The number of nitrogens with one attached hydrogen (secondary N) is 1. The molecule has 0 spiro atoms. The largest absolute Gasteiger partial charge is 0.329 e. The number of tetrazole rings is 1. The highest BCUT2D eigenvalue weighted by Crippen LogP contribution is 2.29. The summed E-state index contributed by atoms with van der Waals surface area (Å²) in [5.41, 5.74) is 4.75. The van der Waals surface area contributed by atoms with Crippen molar-refractivity contribution in [1.29, 1.82) is 0 Å². The van der Waals surface area contributed by atoms with Gasteiger partial charge in [0, 0.05) is 17.3 Å². The number of H-pyrrole nitrogens is 1. The van der Waals surface area contributed by atoms with Crippen molar-refractivity contribution < 1.29 is 0 Å². The standard InChI is InChI=1S/C25H28N6O/c1-5-6-9-20-17-31(25(2,3)4)24(32)30(20)16-18-12-14-19(15-13-18)21-10-7-8-11-22(21)23-26-28-29-27-23/h6-15,17H,5,16H2,1-4H3,(H,26,27,28,29)/b9-6+. The molecule has 4 aromatic rings. The van der Waals surface area contributed by atoms with Crippen LogP contribution in [-0.2, 0) is 12.1 Å². The second kappa shape index (κ2) is 8.78. The van der Waals surface area contributed by atoms with E-state index in [1.54, 1.807) is 4.57 Å². The SMILES string of the molecule is CC/C=C/c1cn(C(C)(C)C)c(=O)n1Cc1ccc(-c2ccccc2-c2nnn[nH]2)cc1. The minimum absolute atomic E-state index is 0.000458. The maximum absolute atomic E-state index is 13.1. The Kier molecular flexibility index (Phi) is 5.90. The van der Waals surface area contributed by atoms with Crippen molar-refractivity contribution >= 4 is 6.08 Å². The molecule has 0 amide bonds. The van der Waals surface area contributed by atoms with Gasteiger partial charge in [0.15, 0.2) is 5.82 Å². The molecular formula is C25H28N6O. The zero-order chi connectivity index (χ0) is 22.7. The van der Waals surface area contributed by atoms with Gasteiger partial charge in [0.25, 0.3) is 0 Å². The number of aromatic nitrogens is 6. The van der Waals surface area contributed by atoms with Gasteiger partial charge in [-0.15, -0.1) is 5.10 Å². The number of imidazole rings is 1. The molecule has 164 valence electrons. The number of allylic oxidation sites excluding steroid dienone is 1. The van der Waals surface area contributed by atoms with Gasteiger partial charge in [0.05, 0.1) is 12.2 Å². The maximum Gasteiger partial charge on any atom is 0.329 e. The van der Waals surface area contributed by atoms with Gasteiger partial charge in [-0.05, 0) is 60.4 Å². The molecule has 0 fully saturated rings. The Morgan fingerprint density at radius 2 is 1.75 bits per heavy atom. The first kappa shape index (κ1) is 21.5. The topological polar surface area (TPSA) is 81.4 Å². The third kappa shape index (κ3) is 4.32. The smallest absolute Gasteiger partial charge is 0.293 e. The van der Waals surface area contributed by atoms with Crippen molar-refractivity contribution in [3.05, 3.63) is 82.5 Å². The van der Waals surface area contributed by atoms with Crippen molar-refractivity contribution in [2.24, 2.45) is 0 Å². The van der Waals surface area contributed by atoms with Crippen molar-refractivity contribution in [3.8, 4) is 22.5 Å². The Morgan fingerprint density at radius 1 is 1.03 bits per heavy atom. The van der Waals surface area contributed by atoms with Crippen LogP contribution >= 0.6 is 0 Å². The third-order valence-corrected chi connectivity index (χ3v) is 5.39. The van der Waals surface area contributed by atoms with Crippen molar-refractivity contribution in [2.75, 3.05) is 0 Å². The fourth-order valence-electron chi connectivity index (χ4n) is 3.70. The molecule has 32 heavy (non-hydrogen) atoms. The Balaban J connectivity index is 1.67. The van der Waals surface area contributed by atoms with E-state index in [1.807, 2.05) is 55.8 Å². The average Bonchev–Trinajstić information content (AvgIpc) is 3.42. The van der Waals surface area contributed by atoms with Crippen LogP contribution in [0.15, 0.2) is 65.6 Å². The lowest BCUT2D eigenvalue weighted by atomic mass is 9.98. The highest BCUT2D eigenvalue weighted by molar-refractivity contribution is 5.80. The molecule has 2 aromatic heterocycles. The fourth-order valence-corrected chi connectivity index (χ4v) is 3.70. The molecule has 0 bridgehead atoms. The summed E-state index contributed by atoms with van der Waals surface area (Å²) in [7, 11) is 0. The molecule has 2 heterocycles. The summed E-state index contributed by atoms with van der Waals surface area (Å²) in [5.74, 6) is 0.632. The predicted molar refractivity (Wildman–Crippen MR) is 127 cm³/mol. The summed E-state index contributed by atoms with van der Waals surface area (Å²) in [4.78, 5) is 13.1. The lowest BCUT2D eigenvalue weighted by molar-refractivity contribution is 0.380. The van der Waals surface area contributed by atoms with Crippen LogP contribution < -0.4 is 5.69 Å². The molecule has 1 N–H and O–H groups in total. The van der Waals surface area contributed by atoms with E-state index in [9.17, 15) is 4.79 Å². The van der Waals surface area contributed by atoms with E-state index in [1.165, 1.54) is 0 Å². The summed E-state index contributed by atoms with van der Waals surface area (Å²) in [5, 5.41) is 14.3. The van der Waals surface area contributed by atoms with E-state index in [-0.39, 0.29) is 11.2 Å². The number of rotatable bonds is 6. The van der Waals surface area contributed by atoms with Crippen LogP contribution in [0.3, 0.4) is 0 Å². The van der Waals surface area contributed by atoms with Gasteiger partial charge in [-0.1, -0.05) is 61.5 Å². The molecule has 0 radical (unpaired) electrons. The van der Waals surface area contributed by atoms with Gasteiger partial charge in [0.1, 0.15) is 0 Å². The van der Waals surface area contributed by atoms with Gasteiger partial charge in [-0.3, -0.25) is 9.13 Å². The summed E-state index contributed by atoms with van der Waals surface area (Å²) in [6, 6.07) is 16.3. The van der Waals surface area contributed by atoms with Crippen LogP contribution in [0, 0.1) is 0 Å². The Labute approximate surface area is 187 Å². The van der Waals surface area contributed by atoms with E-state index in [2.05, 4.69) is 64.0 Å². The lowest BCUT2D eigenvalue weighted by Crippen LogP contribution is -2.34. The van der Waals surface area contributed by atoms with E-state index in [4.69, 9.17) is 0 Å². The predicted octanol–water partition coefficient (Wildman–Crippen LogP) is 4.72. The van der Waals surface area contributed by atoms with Crippen molar-refractivity contribution in [1.82, 2.24) is 29.8 Å². The van der Waals surface area contributed by atoms with Crippen LogP contribution in [0.1, 0.15) is 45.4 Å². The minimum Gasteiger partial charge on any atom is -0.293 e. The van der Waals surface area contributed by atoms with Crippen molar-refractivity contribution in [2.45, 2.75) is 46.2 Å². The van der Waals surface area contributed by atoms with Gasteiger partial charge >= 0.3 is 5.69 Å². The highest BCUT2D eigenvalue weighted by Gasteiger charge is 2.20. The summed E-state index contributed by atoms with van der Waals surface area (Å²) < 4.78 is 3.64. The first-order valence-corrected chi connectivity index (χ1v) is 10.8. The first-order valence-electron chi connectivity index (χ1n) is 10.8. The number of hydrogen-bond acceptors (Lipinski definition) is 4. The molecule has 4 rings (SSSR count). The molecule has 0 aliphatic carbocycles. The number of nitrogens with zero attached hydrogens (tertiary/aromatic N) is 5. The zero-order valence-electron chi connectivity index (χ0n) is 18.9. The van der Waals surface area contributed by atoms with E-state index < -0.39 is 0 Å². The van der Waals surface area contributed by atoms with Crippen LogP contribution in [0.4, 0.5) is 0 Å². The molecule has 0 saturated carbocycles. The number of hydrogen-bond donors (Lipinski definition) is 1. The molecule has 0 aliphatic heterocycles. The molecular weight excluding hydrogens is 400 g/mol. The monoisotopic (exact) mass is 428 g/mol. The Bertz CT molecular complexity index is 1270. The molecule has 0 unspecified atom stereocenters. The fraction of sp³-hybridized carbons (Fsp3) is 0.280. The minimum atomic E-state index is -0.278. The third-order valence-electron chi connectivity index (χ3n) is 5.39. The van der Waals surface area contributed by atoms with E-state index in [0.717, 1.165) is 34.4 Å². The normalized spacial score (nSPS) is 12.0. The van der Waals surface area contributed by atoms with Gasteiger partial charge in [-0.25, -0.2) is 9.89 Å². The van der Waals surface area contributed by atoms with E-state index in [0.29, 0.717) is 12.4 Å². The number of aromatic amines is 1. The maximum atomic E-state index is 13.1. The van der Waals surface area contributed by atoms with Gasteiger partial charge in [-0.2, -0.15) is 0 Å².